The molecule has 0 aliphatic heterocycles. The Morgan fingerprint density at radius 3 is 2.27 bits per heavy atom. The highest BCUT2D eigenvalue weighted by Gasteiger charge is 2.20. The van der Waals surface area contributed by atoms with Crippen LogP contribution in [0.3, 0.4) is 0 Å². The molecule has 0 fully saturated rings. The monoisotopic (exact) mass is 353 g/mol. The van der Waals surface area contributed by atoms with Crippen LogP contribution in [0.4, 0.5) is 0 Å². The Kier molecular flexibility index (Phi) is 6.50. The van der Waals surface area contributed by atoms with Crippen LogP contribution in [0.2, 0.25) is 0 Å². The zero-order valence-electron chi connectivity index (χ0n) is 16.1. The van der Waals surface area contributed by atoms with Crippen molar-refractivity contribution in [3.8, 4) is 0 Å². The Morgan fingerprint density at radius 2 is 1.62 bits per heavy atom. The van der Waals surface area contributed by atoms with Gasteiger partial charge in [0.2, 0.25) is 5.91 Å². The lowest BCUT2D eigenvalue weighted by Crippen LogP contribution is -2.42. The minimum atomic E-state index is -0.279. The molecule has 1 N–H and O–H groups in total. The van der Waals surface area contributed by atoms with E-state index in [-0.39, 0.29) is 30.3 Å². The van der Waals surface area contributed by atoms with Gasteiger partial charge in [0, 0.05) is 23.4 Å². The van der Waals surface area contributed by atoms with Gasteiger partial charge in [-0.05, 0) is 51.5 Å². The summed E-state index contributed by atoms with van der Waals surface area (Å²) < 4.78 is 0. The fourth-order valence-electron chi connectivity index (χ4n) is 3.15. The Balaban J connectivity index is 2.08. The van der Waals surface area contributed by atoms with E-state index in [1.807, 2.05) is 69.0 Å². The Morgan fingerprint density at radius 1 is 1.00 bits per heavy atom. The van der Waals surface area contributed by atoms with Gasteiger partial charge in [0.05, 0.1) is 6.42 Å². The minimum absolute atomic E-state index is 0.00987. The van der Waals surface area contributed by atoms with E-state index in [9.17, 15) is 9.59 Å². The summed E-state index contributed by atoms with van der Waals surface area (Å²) in [6.07, 6.45) is 0.187. The van der Waals surface area contributed by atoms with Gasteiger partial charge in [-0.15, -0.1) is 0 Å². The number of hydrogen-bond donors (Lipinski definition) is 1. The fraction of sp³-hybridized carbons (Fsp3) is 0.381. The molecule has 0 aliphatic rings. The van der Waals surface area contributed by atoms with Crippen LogP contribution in [0.25, 0.3) is 10.8 Å². The standard InChI is InChI=1S/C21H27N3O2/c1-14(2)24(15(3)4)20(25)13-16(5)22-23-21(26)19-12-8-10-17-9-6-7-11-18(17)19/h6-12,14-15H,13H2,1-5H3,(H,23,26)/b22-16+. The maximum absolute atomic E-state index is 12.5. The molecule has 0 atom stereocenters. The van der Waals surface area contributed by atoms with Crippen LogP contribution in [-0.4, -0.2) is 34.5 Å². The van der Waals surface area contributed by atoms with Crippen LogP contribution in [0.15, 0.2) is 47.6 Å². The number of nitrogens with one attached hydrogen (secondary N) is 1. The van der Waals surface area contributed by atoms with Crippen LogP contribution in [0, 0.1) is 0 Å². The normalized spacial score (nSPS) is 11.9. The number of amides is 2. The van der Waals surface area contributed by atoms with Gasteiger partial charge in [0.25, 0.3) is 5.91 Å². The molecule has 2 amide bonds. The SMILES string of the molecule is C/C(CC(=O)N(C(C)C)C(C)C)=N\NC(=O)c1cccc2ccccc12. The van der Waals surface area contributed by atoms with E-state index in [0.29, 0.717) is 11.3 Å². The van der Waals surface area contributed by atoms with Crippen LogP contribution < -0.4 is 5.43 Å². The zero-order valence-corrected chi connectivity index (χ0v) is 16.1. The number of carbonyl (C=O) groups is 2. The Bertz CT molecular complexity index is 812. The molecular formula is C21H27N3O2. The lowest BCUT2D eigenvalue weighted by molar-refractivity contribution is -0.133. The van der Waals surface area contributed by atoms with Gasteiger partial charge in [-0.25, -0.2) is 5.43 Å². The molecule has 0 aliphatic carbocycles. The average molecular weight is 353 g/mol. The van der Waals surface area contributed by atoms with Crippen molar-refractivity contribution in [3.05, 3.63) is 48.0 Å². The average Bonchev–Trinajstić information content (AvgIpc) is 2.58. The molecule has 0 saturated carbocycles. The first kappa shape index (κ1) is 19.6. The van der Waals surface area contributed by atoms with E-state index < -0.39 is 0 Å². The van der Waals surface area contributed by atoms with Crippen LogP contribution >= 0.6 is 0 Å². The van der Waals surface area contributed by atoms with Crippen molar-refractivity contribution in [1.82, 2.24) is 10.3 Å². The van der Waals surface area contributed by atoms with E-state index in [1.54, 1.807) is 13.0 Å². The zero-order chi connectivity index (χ0) is 19.3. The second-order valence-corrected chi connectivity index (χ2v) is 6.98. The van der Waals surface area contributed by atoms with E-state index in [4.69, 9.17) is 0 Å². The number of nitrogens with zero attached hydrogens (tertiary/aromatic N) is 2. The van der Waals surface area contributed by atoms with Crippen molar-refractivity contribution in [2.24, 2.45) is 5.10 Å². The van der Waals surface area contributed by atoms with Crippen LogP contribution in [-0.2, 0) is 4.79 Å². The fourth-order valence-corrected chi connectivity index (χ4v) is 3.15. The molecule has 5 nitrogen and oxygen atoms in total. The van der Waals surface area contributed by atoms with Gasteiger partial charge in [-0.2, -0.15) is 5.10 Å². The molecule has 0 spiro atoms. The van der Waals surface area contributed by atoms with E-state index >= 15 is 0 Å². The summed E-state index contributed by atoms with van der Waals surface area (Å²) in [6, 6.07) is 13.5. The van der Waals surface area contributed by atoms with Gasteiger partial charge in [-0.1, -0.05) is 36.4 Å². The van der Waals surface area contributed by atoms with Crippen LogP contribution in [0.1, 0.15) is 51.4 Å². The molecule has 0 radical (unpaired) electrons. The smallest absolute Gasteiger partial charge is 0.271 e. The largest absolute Gasteiger partial charge is 0.338 e. The number of hydrogen-bond acceptors (Lipinski definition) is 3. The topological polar surface area (TPSA) is 61.8 Å². The summed E-state index contributed by atoms with van der Waals surface area (Å²) in [5, 5.41) is 6.00. The summed E-state index contributed by atoms with van der Waals surface area (Å²) >= 11 is 0. The van der Waals surface area contributed by atoms with Crippen molar-refractivity contribution in [2.75, 3.05) is 0 Å². The van der Waals surface area contributed by atoms with Crippen molar-refractivity contribution < 1.29 is 9.59 Å². The number of carbonyl (C=O) groups excluding carboxylic acids is 2. The van der Waals surface area contributed by atoms with Crippen molar-refractivity contribution in [2.45, 2.75) is 53.1 Å². The van der Waals surface area contributed by atoms with Crippen LogP contribution in [0.5, 0.6) is 0 Å². The molecule has 2 rings (SSSR count). The minimum Gasteiger partial charge on any atom is -0.338 e. The quantitative estimate of drug-likeness (QED) is 0.631. The Labute approximate surface area is 155 Å². The number of fused-ring (bicyclic) bond motifs is 1. The maximum atomic E-state index is 12.5. The van der Waals surface area contributed by atoms with Gasteiger partial charge in [0.1, 0.15) is 0 Å². The third-order valence-corrected chi connectivity index (χ3v) is 4.19. The summed E-state index contributed by atoms with van der Waals surface area (Å²) in [6.45, 7) is 9.72. The second-order valence-electron chi connectivity index (χ2n) is 6.98. The first-order valence-corrected chi connectivity index (χ1v) is 8.93. The van der Waals surface area contributed by atoms with E-state index in [2.05, 4.69) is 10.5 Å². The predicted molar refractivity (Wildman–Crippen MR) is 106 cm³/mol. The summed E-state index contributed by atoms with van der Waals surface area (Å²) in [5.74, 6) is -0.270. The first-order valence-electron chi connectivity index (χ1n) is 8.93. The third-order valence-electron chi connectivity index (χ3n) is 4.19. The molecule has 0 aromatic heterocycles. The molecule has 0 heterocycles. The summed E-state index contributed by atoms with van der Waals surface area (Å²) in [5.41, 5.74) is 3.72. The molecule has 0 saturated heterocycles. The first-order chi connectivity index (χ1) is 12.3. The molecule has 138 valence electrons. The summed E-state index contributed by atoms with van der Waals surface area (Å²) in [7, 11) is 0. The van der Waals surface area contributed by atoms with Gasteiger partial charge in [0.15, 0.2) is 0 Å². The molecule has 5 heteroatoms. The highest BCUT2D eigenvalue weighted by Crippen LogP contribution is 2.18. The maximum Gasteiger partial charge on any atom is 0.271 e. The van der Waals surface area contributed by atoms with Gasteiger partial charge >= 0.3 is 0 Å². The van der Waals surface area contributed by atoms with Crippen molar-refractivity contribution in [1.29, 1.82) is 0 Å². The predicted octanol–water partition coefficient (Wildman–Crippen LogP) is 3.98. The number of benzene rings is 2. The molecule has 0 unspecified atom stereocenters. The second kappa shape index (κ2) is 8.61. The van der Waals surface area contributed by atoms with E-state index in [1.165, 1.54) is 0 Å². The lowest BCUT2D eigenvalue weighted by atomic mass is 10.0. The highest BCUT2D eigenvalue weighted by molar-refractivity contribution is 6.07. The molecule has 26 heavy (non-hydrogen) atoms. The molecule has 2 aromatic rings. The molecule has 2 aromatic carbocycles. The molecule has 0 bridgehead atoms. The van der Waals surface area contributed by atoms with Gasteiger partial charge in [-0.3, -0.25) is 9.59 Å². The number of rotatable bonds is 6. The third kappa shape index (κ3) is 4.69. The number of hydrazone groups is 1. The summed E-state index contributed by atoms with van der Waals surface area (Å²) in [4.78, 5) is 26.8. The lowest BCUT2D eigenvalue weighted by Gasteiger charge is -2.30. The van der Waals surface area contributed by atoms with Gasteiger partial charge < -0.3 is 4.90 Å². The molecular weight excluding hydrogens is 326 g/mol. The Hall–Kier alpha value is -2.69. The highest BCUT2D eigenvalue weighted by atomic mass is 16.2. The van der Waals surface area contributed by atoms with Crippen molar-refractivity contribution in [3.63, 3.8) is 0 Å². The van der Waals surface area contributed by atoms with Crippen molar-refractivity contribution >= 4 is 28.3 Å². The van der Waals surface area contributed by atoms with E-state index in [0.717, 1.165) is 10.8 Å².